The molecule has 0 amide bonds. The first kappa shape index (κ1) is 6.09. The molecule has 0 radical (unpaired) electrons. The van der Waals surface area contributed by atoms with Gasteiger partial charge in [0.15, 0.2) is 0 Å². The van der Waals surface area contributed by atoms with Gasteiger partial charge in [-0.3, -0.25) is 0 Å². The normalized spacial score (nSPS) is 26.6. The zero-order valence-electron chi connectivity index (χ0n) is 5.68. The Balaban J connectivity index is 1.87. The molecule has 0 bridgehead atoms. The quantitative estimate of drug-likeness (QED) is 0.510. The Bertz CT molecular complexity index is 62.8. The first-order chi connectivity index (χ1) is 3.79. The van der Waals surface area contributed by atoms with E-state index in [1.807, 2.05) is 0 Å². The van der Waals surface area contributed by atoms with Crippen LogP contribution in [0.25, 0.3) is 0 Å². The smallest absolute Gasteiger partial charge is 0.0810 e. The van der Waals surface area contributed by atoms with Gasteiger partial charge in [0.25, 0.3) is 0 Å². The van der Waals surface area contributed by atoms with Crippen LogP contribution in [0.1, 0.15) is 26.7 Å². The highest BCUT2D eigenvalue weighted by Crippen LogP contribution is 2.18. The van der Waals surface area contributed by atoms with E-state index in [0.29, 0.717) is 6.10 Å². The topological polar surface area (TPSA) is 12.5 Å². The largest absolute Gasteiger partial charge is 0.373 e. The van der Waals surface area contributed by atoms with Crippen molar-refractivity contribution in [3.8, 4) is 0 Å². The van der Waals surface area contributed by atoms with E-state index in [-0.39, 0.29) is 0 Å². The Hall–Kier alpha value is -0.0400. The molecule has 1 aliphatic heterocycles. The summed E-state index contributed by atoms with van der Waals surface area (Å²) >= 11 is 0. The lowest BCUT2D eigenvalue weighted by Gasteiger charge is -1.98. The summed E-state index contributed by atoms with van der Waals surface area (Å²) in [5.41, 5.74) is 0. The minimum absolute atomic E-state index is 0.636. The summed E-state index contributed by atoms with van der Waals surface area (Å²) < 4.78 is 5.06. The molecular weight excluding hydrogens is 100 g/mol. The Morgan fingerprint density at radius 2 is 2.25 bits per heavy atom. The molecule has 1 fully saturated rings. The van der Waals surface area contributed by atoms with E-state index in [0.717, 1.165) is 12.5 Å². The second-order valence-electron chi connectivity index (χ2n) is 2.93. The molecule has 1 saturated heterocycles. The number of ether oxygens (including phenoxy) is 1. The van der Waals surface area contributed by atoms with Gasteiger partial charge in [-0.05, 0) is 18.8 Å². The predicted octanol–water partition coefficient (Wildman–Crippen LogP) is 1.82. The summed E-state index contributed by atoms with van der Waals surface area (Å²) in [6.45, 7) is 5.53. The maximum atomic E-state index is 5.06. The molecule has 1 unspecified atom stereocenters. The Morgan fingerprint density at radius 1 is 1.62 bits per heavy atom. The first-order valence-electron chi connectivity index (χ1n) is 3.40. The molecule has 1 heteroatoms. The van der Waals surface area contributed by atoms with Crippen molar-refractivity contribution in [3.05, 3.63) is 0 Å². The van der Waals surface area contributed by atoms with Crippen molar-refractivity contribution in [2.75, 3.05) is 6.61 Å². The Kier molecular flexibility index (Phi) is 1.90. The summed E-state index contributed by atoms with van der Waals surface area (Å²) in [7, 11) is 0. The zero-order valence-corrected chi connectivity index (χ0v) is 5.68. The van der Waals surface area contributed by atoms with Crippen LogP contribution in [0, 0.1) is 5.92 Å². The summed E-state index contributed by atoms with van der Waals surface area (Å²) in [6.07, 6.45) is 3.24. The molecule has 1 nitrogen and oxygen atoms in total. The molecule has 1 rings (SSSR count). The molecule has 0 aromatic carbocycles. The van der Waals surface area contributed by atoms with E-state index in [2.05, 4.69) is 13.8 Å². The van der Waals surface area contributed by atoms with E-state index in [4.69, 9.17) is 4.74 Å². The number of epoxide rings is 1. The highest BCUT2D eigenvalue weighted by Gasteiger charge is 2.21. The van der Waals surface area contributed by atoms with E-state index in [9.17, 15) is 0 Å². The molecule has 0 aromatic rings. The highest BCUT2D eigenvalue weighted by molar-refractivity contribution is 4.68. The van der Waals surface area contributed by atoms with E-state index >= 15 is 0 Å². The van der Waals surface area contributed by atoms with Crippen LogP contribution < -0.4 is 0 Å². The molecule has 0 N–H and O–H groups in total. The van der Waals surface area contributed by atoms with Gasteiger partial charge in [-0.2, -0.15) is 0 Å². The molecule has 8 heavy (non-hydrogen) atoms. The van der Waals surface area contributed by atoms with Crippen LogP contribution >= 0.6 is 0 Å². The number of hydrogen-bond donors (Lipinski definition) is 0. The SMILES string of the molecule is CC(C)CCC1CO1. The van der Waals surface area contributed by atoms with Crippen LogP contribution in [-0.2, 0) is 4.74 Å². The lowest BCUT2D eigenvalue weighted by Crippen LogP contribution is -1.90. The lowest BCUT2D eigenvalue weighted by molar-refractivity contribution is 0.378. The summed E-state index contributed by atoms with van der Waals surface area (Å²) in [5.74, 6) is 0.846. The van der Waals surface area contributed by atoms with Crippen molar-refractivity contribution in [2.24, 2.45) is 5.92 Å². The molecule has 0 aliphatic carbocycles. The van der Waals surface area contributed by atoms with Crippen molar-refractivity contribution < 1.29 is 4.74 Å². The molecule has 1 aliphatic rings. The van der Waals surface area contributed by atoms with Crippen LogP contribution in [0.5, 0.6) is 0 Å². The van der Waals surface area contributed by atoms with Crippen molar-refractivity contribution in [1.29, 1.82) is 0 Å². The van der Waals surface area contributed by atoms with Crippen LogP contribution in [0.3, 0.4) is 0 Å². The van der Waals surface area contributed by atoms with E-state index < -0.39 is 0 Å². The van der Waals surface area contributed by atoms with Crippen LogP contribution in [-0.4, -0.2) is 12.7 Å². The standard InChI is InChI=1S/C7H14O/c1-6(2)3-4-7-5-8-7/h6-7H,3-5H2,1-2H3. The van der Waals surface area contributed by atoms with Gasteiger partial charge in [0.2, 0.25) is 0 Å². The second kappa shape index (κ2) is 2.49. The Morgan fingerprint density at radius 3 is 2.62 bits per heavy atom. The summed E-state index contributed by atoms with van der Waals surface area (Å²) in [4.78, 5) is 0. The third-order valence-corrected chi connectivity index (χ3v) is 1.47. The molecule has 0 saturated carbocycles. The van der Waals surface area contributed by atoms with Gasteiger partial charge in [-0.15, -0.1) is 0 Å². The highest BCUT2D eigenvalue weighted by atomic mass is 16.6. The van der Waals surface area contributed by atoms with Crippen molar-refractivity contribution in [1.82, 2.24) is 0 Å². The predicted molar refractivity (Wildman–Crippen MR) is 33.8 cm³/mol. The second-order valence-corrected chi connectivity index (χ2v) is 2.93. The molecule has 0 spiro atoms. The Labute approximate surface area is 51.0 Å². The van der Waals surface area contributed by atoms with Crippen LogP contribution in [0.4, 0.5) is 0 Å². The molecule has 48 valence electrons. The monoisotopic (exact) mass is 114 g/mol. The maximum absolute atomic E-state index is 5.06. The van der Waals surface area contributed by atoms with Crippen LogP contribution in [0.2, 0.25) is 0 Å². The number of hydrogen-bond acceptors (Lipinski definition) is 1. The van der Waals surface area contributed by atoms with Gasteiger partial charge in [0, 0.05) is 0 Å². The van der Waals surface area contributed by atoms with Gasteiger partial charge in [0.05, 0.1) is 12.7 Å². The van der Waals surface area contributed by atoms with Crippen molar-refractivity contribution in [3.63, 3.8) is 0 Å². The summed E-state index contributed by atoms with van der Waals surface area (Å²) in [5, 5.41) is 0. The maximum Gasteiger partial charge on any atom is 0.0810 e. The van der Waals surface area contributed by atoms with E-state index in [1.165, 1.54) is 12.8 Å². The number of rotatable bonds is 3. The molecule has 0 aromatic heterocycles. The first-order valence-corrected chi connectivity index (χ1v) is 3.40. The van der Waals surface area contributed by atoms with Gasteiger partial charge < -0.3 is 4.74 Å². The van der Waals surface area contributed by atoms with Gasteiger partial charge in [-0.25, -0.2) is 0 Å². The fraction of sp³-hybridized carbons (Fsp3) is 1.00. The minimum atomic E-state index is 0.636. The van der Waals surface area contributed by atoms with Crippen LogP contribution in [0.15, 0.2) is 0 Å². The van der Waals surface area contributed by atoms with Gasteiger partial charge in [0.1, 0.15) is 0 Å². The van der Waals surface area contributed by atoms with Gasteiger partial charge in [-0.1, -0.05) is 13.8 Å². The lowest BCUT2D eigenvalue weighted by atomic mass is 10.1. The fourth-order valence-electron chi connectivity index (χ4n) is 0.754. The third kappa shape index (κ3) is 2.31. The zero-order chi connectivity index (χ0) is 5.98. The third-order valence-electron chi connectivity index (χ3n) is 1.47. The van der Waals surface area contributed by atoms with Gasteiger partial charge >= 0.3 is 0 Å². The minimum Gasteiger partial charge on any atom is -0.373 e. The van der Waals surface area contributed by atoms with Crippen molar-refractivity contribution in [2.45, 2.75) is 32.8 Å². The average Bonchev–Trinajstić information content (AvgIpc) is 2.41. The molecule has 1 atom stereocenters. The summed E-state index contributed by atoms with van der Waals surface area (Å²) in [6, 6.07) is 0. The van der Waals surface area contributed by atoms with E-state index in [1.54, 1.807) is 0 Å². The molecule has 1 heterocycles. The van der Waals surface area contributed by atoms with Crippen molar-refractivity contribution >= 4 is 0 Å². The fourth-order valence-corrected chi connectivity index (χ4v) is 0.754. The average molecular weight is 114 g/mol. The molecular formula is C7H14O.